The summed E-state index contributed by atoms with van der Waals surface area (Å²) in [5, 5.41) is 8.13. The lowest BCUT2D eigenvalue weighted by Gasteiger charge is -2.06. The molecular formula is C21H13Cl2FN4O. The molecule has 4 aromatic rings. The zero-order valence-electron chi connectivity index (χ0n) is 14.8. The summed E-state index contributed by atoms with van der Waals surface area (Å²) in [6.07, 6.45) is 0. The number of hydrogen-bond acceptors (Lipinski definition) is 3. The molecule has 0 aliphatic heterocycles. The SMILES string of the molecule is O=C(Nc1cccc(Cl)c1)c1nc(-c2ccc(F)cc2)n(-c2ccc(Cl)cc2)n1. The third-order valence-electron chi connectivity index (χ3n) is 4.07. The summed E-state index contributed by atoms with van der Waals surface area (Å²) < 4.78 is 14.9. The van der Waals surface area contributed by atoms with Crippen molar-refractivity contribution in [2.45, 2.75) is 0 Å². The van der Waals surface area contributed by atoms with Crippen molar-refractivity contribution in [3.8, 4) is 17.1 Å². The zero-order valence-corrected chi connectivity index (χ0v) is 16.3. The van der Waals surface area contributed by atoms with Crippen molar-refractivity contribution in [1.82, 2.24) is 14.8 Å². The molecule has 0 unspecified atom stereocenters. The van der Waals surface area contributed by atoms with Gasteiger partial charge in [0.05, 0.1) is 5.69 Å². The van der Waals surface area contributed by atoms with Crippen molar-refractivity contribution in [3.05, 3.63) is 94.5 Å². The van der Waals surface area contributed by atoms with E-state index in [1.165, 1.54) is 16.8 Å². The molecule has 5 nitrogen and oxygen atoms in total. The van der Waals surface area contributed by atoms with Crippen molar-refractivity contribution >= 4 is 34.8 Å². The van der Waals surface area contributed by atoms with E-state index in [0.717, 1.165) is 0 Å². The summed E-state index contributed by atoms with van der Waals surface area (Å²) in [5.74, 6) is -0.517. The first kappa shape index (κ1) is 19.1. The number of rotatable bonds is 4. The Bertz CT molecular complexity index is 1110. The molecule has 3 aromatic carbocycles. The highest BCUT2D eigenvalue weighted by molar-refractivity contribution is 6.31. The molecular weight excluding hydrogens is 414 g/mol. The molecule has 0 saturated heterocycles. The predicted octanol–water partition coefficient (Wildman–Crippen LogP) is 5.63. The fourth-order valence-corrected chi connectivity index (χ4v) is 3.03. The summed E-state index contributed by atoms with van der Waals surface area (Å²) in [5.41, 5.74) is 1.78. The molecule has 0 spiro atoms. The van der Waals surface area contributed by atoms with Gasteiger partial charge in [0.1, 0.15) is 5.82 Å². The average Bonchev–Trinajstić information content (AvgIpc) is 3.15. The number of carbonyl (C=O) groups is 1. The Morgan fingerprint density at radius 1 is 0.931 bits per heavy atom. The molecule has 1 heterocycles. The van der Waals surface area contributed by atoms with E-state index in [9.17, 15) is 9.18 Å². The molecule has 29 heavy (non-hydrogen) atoms. The third-order valence-corrected chi connectivity index (χ3v) is 4.55. The van der Waals surface area contributed by atoms with Crippen molar-refractivity contribution in [3.63, 3.8) is 0 Å². The quantitative estimate of drug-likeness (QED) is 0.459. The van der Waals surface area contributed by atoms with Gasteiger partial charge in [0, 0.05) is 21.3 Å². The van der Waals surface area contributed by atoms with Crippen LogP contribution in [-0.2, 0) is 0 Å². The Morgan fingerprint density at radius 3 is 2.34 bits per heavy atom. The highest BCUT2D eigenvalue weighted by atomic mass is 35.5. The van der Waals surface area contributed by atoms with Crippen LogP contribution >= 0.6 is 23.2 Å². The minimum atomic E-state index is -0.497. The Morgan fingerprint density at radius 2 is 1.66 bits per heavy atom. The molecule has 0 aliphatic rings. The molecule has 1 N–H and O–H groups in total. The van der Waals surface area contributed by atoms with Crippen LogP contribution in [0.4, 0.5) is 10.1 Å². The Kier molecular flexibility index (Phi) is 5.29. The van der Waals surface area contributed by atoms with E-state index in [2.05, 4.69) is 15.4 Å². The van der Waals surface area contributed by atoms with Gasteiger partial charge in [0.2, 0.25) is 5.82 Å². The molecule has 0 atom stereocenters. The average molecular weight is 427 g/mol. The Labute approximate surface area is 175 Å². The normalized spacial score (nSPS) is 10.7. The van der Waals surface area contributed by atoms with E-state index < -0.39 is 5.91 Å². The van der Waals surface area contributed by atoms with Gasteiger partial charge in [-0.15, -0.1) is 5.10 Å². The summed E-state index contributed by atoms with van der Waals surface area (Å²) >= 11 is 11.9. The van der Waals surface area contributed by atoms with E-state index >= 15 is 0 Å². The highest BCUT2D eigenvalue weighted by Gasteiger charge is 2.19. The standard InChI is InChI=1S/C21H13Cl2FN4O/c22-14-6-10-18(11-7-14)28-20(13-4-8-16(24)9-5-13)26-19(27-28)21(29)25-17-3-1-2-15(23)12-17/h1-12H,(H,25,29). The van der Waals surface area contributed by atoms with Gasteiger partial charge in [-0.05, 0) is 66.7 Å². The number of nitrogens with one attached hydrogen (secondary N) is 1. The van der Waals surface area contributed by atoms with Crippen LogP contribution in [0.3, 0.4) is 0 Å². The maximum atomic E-state index is 13.3. The lowest BCUT2D eigenvalue weighted by molar-refractivity contribution is 0.101. The number of halogens is 3. The smallest absolute Gasteiger partial charge is 0.295 e. The number of hydrogen-bond donors (Lipinski definition) is 1. The summed E-state index contributed by atoms with van der Waals surface area (Å²) in [4.78, 5) is 17.1. The van der Waals surface area contributed by atoms with Gasteiger partial charge >= 0.3 is 0 Å². The number of amides is 1. The lowest BCUT2D eigenvalue weighted by atomic mass is 10.2. The van der Waals surface area contributed by atoms with Crippen molar-refractivity contribution in [1.29, 1.82) is 0 Å². The fourth-order valence-electron chi connectivity index (χ4n) is 2.71. The first-order valence-electron chi connectivity index (χ1n) is 8.55. The van der Waals surface area contributed by atoms with Crippen LogP contribution in [0, 0.1) is 5.82 Å². The van der Waals surface area contributed by atoms with Crippen LogP contribution in [0.25, 0.3) is 17.1 Å². The zero-order chi connectivity index (χ0) is 20.4. The molecule has 1 amide bonds. The lowest BCUT2D eigenvalue weighted by Crippen LogP contribution is -2.14. The maximum absolute atomic E-state index is 13.3. The minimum absolute atomic E-state index is 0.0424. The van der Waals surface area contributed by atoms with Crippen LogP contribution in [-0.4, -0.2) is 20.7 Å². The van der Waals surface area contributed by atoms with E-state index in [-0.39, 0.29) is 11.6 Å². The molecule has 8 heteroatoms. The van der Waals surface area contributed by atoms with Crippen LogP contribution < -0.4 is 5.32 Å². The second kappa shape index (κ2) is 8.03. The maximum Gasteiger partial charge on any atom is 0.295 e. The van der Waals surface area contributed by atoms with E-state index in [4.69, 9.17) is 23.2 Å². The number of nitrogens with zero attached hydrogens (tertiary/aromatic N) is 3. The van der Waals surface area contributed by atoms with Gasteiger partial charge in [-0.2, -0.15) is 0 Å². The largest absolute Gasteiger partial charge is 0.319 e. The fraction of sp³-hybridized carbons (Fsp3) is 0. The van der Waals surface area contributed by atoms with Gasteiger partial charge < -0.3 is 5.32 Å². The molecule has 0 fully saturated rings. The van der Waals surface area contributed by atoms with Crippen LogP contribution in [0.2, 0.25) is 10.0 Å². The van der Waals surface area contributed by atoms with E-state index in [1.807, 2.05) is 0 Å². The molecule has 1 aromatic heterocycles. The van der Waals surface area contributed by atoms with Crippen LogP contribution in [0.15, 0.2) is 72.8 Å². The number of benzene rings is 3. The van der Waals surface area contributed by atoms with Crippen molar-refractivity contribution in [2.24, 2.45) is 0 Å². The van der Waals surface area contributed by atoms with E-state index in [1.54, 1.807) is 60.7 Å². The van der Waals surface area contributed by atoms with Crippen molar-refractivity contribution < 1.29 is 9.18 Å². The van der Waals surface area contributed by atoms with Gasteiger partial charge in [-0.3, -0.25) is 4.79 Å². The third kappa shape index (κ3) is 4.29. The summed E-state index contributed by atoms with van der Waals surface area (Å²) in [6, 6.07) is 19.5. The first-order valence-corrected chi connectivity index (χ1v) is 9.31. The topological polar surface area (TPSA) is 59.8 Å². The summed E-state index contributed by atoms with van der Waals surface area (Å²) in [7, 11) is 0. The molecule has 0 aliphatic carbocycles. The molecule has 0 saturated carbocycles. The first-order chi connectivity index (χ1) is 14.0. The van der Waals surface area contributed by atoms with Gasteiger partial charge in [-0.25, -0.2) is 14.1 Å². The van der Waals surface area contributed by atoms with Crippen LogP contribution in [0.5, 0.6) is 0 Å². The molecule has 144 valence electrons. The Hall–Kier alpha value is -3.22. The van der Waals surface area contributed by atoms with E-state index in [0.29, 0.717) is 32.8 Å². The monoisotopic (exact) mass is 426 g/mol. The van der Waals surface area contributed by atoms with Crippen LogP contribution in [0.1, 0.15) is 10.6 Å². The van der Waals surface area contributed by atoms with Gasteiger partial charge in [0.25, 0.3) is 5.91 Å². The van der Waals surface area contributed by atoms with Gasteiger partial charge in [0.15, 0.2) is 5.82 Å². The number of anilines is 1. The predicted molar refractivity (Wildman–Crippen MR) is 111 cm³/mol. The molecule has 4 rings (SSSR count). The number of aromatic nitrogens is 3. The second-order valence-corrected chi connectivity index (χ2v) is 6.99. The second-order valence-electron chi connectivity index (χ2n) is 6.12. The molecule has 0 radical (unpaired) electrons. The van der Waals surface area contributed by atoms with Crippen molar-refractivity contribution in [2.75, 3.05) is 5.32 Å². The summed E-state index contributed by atoms with van der Waals surface area (Å²) in [6.45, 7) is 0. The van der Waals surface area contributed by atoms with Gasteiger partial charge in [-0.1, -0.05) is 29.3 Å². The minimum Gasteiger partial charge on any atom is -0.319 e. The number of carbonyl (C=O) groups excluding carboxylic acids is 1. The molecule has 0 bridgehead atoms. The Balaban J connectivity index is 1.75. The highest BCUT2D eigenvalue weighted by Crippen LogP contribution is 2.23.